The normalized spacial score (nSPS) is 12.9. The second-order valence-corrected chi connectivity index (χ2v) is 11.7. The van der Waals surface area contributed by atoms with Crippen LogP contribution in [0.3, 0.4) is 0 Å². The van der Waals surface area contributed by atoms with Gasteiger partial charge in [-0.05, 0) is 58.3 Å². The van der Waals surface area contributed by atoms with Crippen molar-refractivity contribution in [3.8, 4) is 0 Å². The largest absolute Gasteiger partial charge is 0.379 e. The first kappa shape index (κ1) is 34.6. The molecule has 0 spiro atoms. The Morgan fingerprint density at radius 3 is 1.32 bits per heavy atom. The van der Waals surface area contributed by atoms with Gasteiger partial charge in [0.1, 0.15) is 0 Å². The minimum Gasteiger partial charge on any atom is -0.379 e. The fourth-order valence-corrected chi connectivity index (χ4v) is 5.49. The van der Waals surface area contributed by atoms with E-state index in [1.807, 2.05) is 0 Å². The molecule has 0 fully saturated rings. The van der Waals surface area contributed by atoms with Crippen LogP contribution in [0.2, 0.25) is 0 Å². The molecule has 8 heteroatoms. The fraction of sp³-hybridized carbons (Fsp3) is 1.00. The molecule has 6 nitrogen and oxygen atoms in total. The van der Waals surface area contributed by atoms with Crippen LogP contribution in [0, 0.1) is 0 Å². The Morgan fingerprint density at radius 1 is 0.559 bits per heavy atom. The second kappa shape index (κ2) is 26.7. The lowest BCUT2D eigenvalue weighted by Crippen LogP contribution is -2.31. The first-order valence-corrected chi connectivity index (χ1v) is 16.6. The van der Waals surface area contributed by atoms with Crippen LogP contribution in [0.15, 0.2) is 0 Å². The summed E-state index contributed by atoms with van der Waals surface area (Å²) < 4.78 is 29.3. The zero-order chi connectivity index (χ0) is 25.3. The van der Waals surface area contributed by atoms with Crippen LogP contribution in [0.25, 0.3) is 0 Å². The molecule has 0 saturated heterocycles. The maximum Gasteiger partial charge on any atom is 0.161 e. The van der Waals surface area contributed by atoms with E-state index in [0.29, 0.717) is 6.10 Å². The fourth-order valence-electron chi connectivity index (χ4n) is 3.19. The van der Waals surface area contributed by atoms with Gasteiger partial charge in [0.15, 0.2) is 12.6 Å². The molecule has 0 aromatic heterocycles. The van der Waals surface area contributed by atoms with E-state index in [1.54, 1.807) is 0 Å². The lowest BCUT2D eigenvalue weighted by atomic mass is 10.4. The monoisotopic (exact) mass is 525 g/mol. The van der Waals surface area contributed by atoms with Crippen molar-refractivity contribution in [1.82, 2.24) is 4.90 Å². The van der Waals surface area contributed by atoms with Crippen molar-refractivity contribution in [1.29, 1.82) is 0 Å². The summed E-state index contributed by atoms with van der Waals surface area (Å²) in [6, 6.07) is 0. The lowest BCUT2D eigenvalue weighted by molar-refractivity contribution is -0.127. The minimum absolute atomic E-state index is 0.0317. The maximum absolute atomic E-state index is 5.89. The summed E-state index contributed by atoms with van der Waals surface area (Å²) in [5.41, 5.74) is 0. The molecular weight excluding hydrogens is 468 g/mol. The summed E-state index contributed by atoms with van der Waals surface area (Å²) in [5, 5.41) is 0. The molecule has 0 aliphatic rings. The van der Waals surface area contributed by atoms with E-state index in [4.69, 9.17) is 23.7 Å². The van der Waals surface area contributed by atoms with Gasteiger partial charge >= 0.3 is 0 Å². The molecule has 0 rings (SSSR count). The summed E-state index contributed by atoms with van der Waals surface area (Å²) >= 11 is 0. The van der Waals surface area contributed by atoms with Crippen LogP contribution in [0.1, 0.15) is 73.6 Å². The van der Waals surface area contributed by atoms with E-state index >= 15 is 0 Å². The summed E-state index contributed by atoms with van der Waals surface area (Å²) in [6.07, 6.45) is 9.92. The van der Waals surface area contributed by atoms with Gasteiger partial charge in [-0.2, -0.15) is 0 Å². The van der Waals surface area contributed by atoms with Gasteiger partial charge in [0.05, 0.1) is 6.10 Å². The van der Waals surface area contributed by atoms with Gasteiger partial charge in [0.25, 0.3) is 0 Å². The van der Waals surface area contributed by atoms with Crippen molar-refractivity contribution in [2.24, 2.45) is 0 Å². The van der Waals surface area contributed by atoms with E-state index < -0.39 is 0 Å². The molecule has 2 unspecified atom stereocenters. The predicted octanol–water partition coefficient (Wildman–Crippen LogP) is 5.82. The molecule has 0 aromatic carbocycles. The molecule has 206 valence electrons. The van der Waals surface area contributed by atoms with Gasteiger partial charge in [-0.15, -0.1) is 17.2 Å². The van der Waals surface area contributed by atoms with Gasteiger partial charge in [0, 0.05) is 65.0 Å². The Kier molecular flexibility index (Phi) is 27.2. The first-order valence-electron chi connectivity index (χ1n) is 13.8. The molecule has 2 atom stereocenters. The zero-order valence-corrected chi connectivity index (χ0v) is 25.2. The van der Waals surface area contributed by atoms with Crippen molar-refractivity contribution < 1.29 is 23.7 Å². The Labute approximate surface area is 215 Å². The first-order chi connectivity index (χ1) is 16.6. The summed E-state index contributed by atoms with van der Waals surface area (Å²) in [5.74, 6) is 0. The molecule has 34 heavy (non-hydrogen) atoms. The van der Waals surface area contributed by atoms with Crippen molar-refractivity contribution in [2.45, 2.75) is 92.3 Å². The Hall–Kier alpha value is 0.620. The van der Waals surface area contributed by atoms with Gasteiger partial charge in [0.2, 0.25) is 0 Å². The van der Waals surface area contributed by atoms with Crippen molar-refractivity contribution in [3.63, 3.8) is 0 Å². The third-order valence-corrected chi connectivity index (χ3v) is 7.33. The topological polar surface area (TPSA) is 49.4 Å². The van der Waals surface area contributed by atoms with Gasteiger partial charge in [-0.25, -0.2) is 0 Å². The Balaban J connectivity index is 4.40. The van der Waals surface area contributed by atoms with Crippen LogP contribution in [-0.4, -0.2) is 101 Å². The average molecular weight is 526 g/mol. The number of hydrogen-bond donors (Lipinski definition) is 0. The van der Waals surface area contributed by atoms with E-state index in [9.17, 15) is 0 Å². The van der Waals surface area contributed by atoms with Crippen molar-refractivity contribution in [3.05, 3.63) is 0 Å². The predicted molar refractivity (Wildman–Crippen MR) is 151 cm³/mol. The van der Waals surface area contributed by atoms with E-state index in [-0.39, 0.29) is 12.6 Å². The van der Waals surface area contributed by atoms with Crippen LogP contribution in [-0.2, 0) is 23.7 Å². The standard InChI is InChI=1S/C26H57NO5P2/c1-7-15-29-25(30-16-8-2)22-33-20-13-27(12-11-19-28-24(5)6)14-21-34-23-26(31-17-9-3)32-18-10-4/h24-26,33-34H,7-23H2,1-6H3. The van der Waals surface area contributed by atoms with E-state index in [0.717, 1.165) is 114 Å². The SMILES string of the molecule is CCCOC(CPCCN(CCCOC(C)C)CCPCC(OCCC)OCCC)OCCC. The summed E-state index contributed by atoms with van der Waals surface area (Å²) in [6.45, 7) is 20.2. The smallest absolute Gasteiger partial charge is 0.161 e. The maximum atomic E-state index is 5.89. The minimum atomic E-state index is -0.0317. The number of nitrogens with zero attached hydrogens (tertiary/aromatic N) is 1. The highest BCUT2D eigenvalue weighted by molar-refractivity contribution is 7.38. The molecular formula is C26H57NO5P2. The highest BCUT2D eigenvalue weighted by atomic mass is 31.1. The average Bonchev–Trinajstić information content (AvgIpc) is 2.83. The van der Waals surface area contributed by atoms with Crippen molar-refractivity contribution in [2.75, 3.05) is 77.3 Å². The Morgan fingerprint density at radius 2 is 0.971 bits per heavy atom. The van der Waals surface area contributed by atoms with Gasteiger partial charge in [-0.3, -0.25) is 0 Å². The van der Waals surface area contributed by atoms with Crippen LogP contribution in [0.4, 0.5) is 0 Å². The van der Waals surface area contributed by atoms with Crippen LogP contribution in [0.5, 0.6) is 0 Å². The second-order valence-electron chi connectivity index (χ2n) is 8.87. The number of ether oxygens (including phenoxy) is 5. The number of hydrogen-bond acceptors (Lipinski definition) is 6. The van der Waals surface area contributed by atoms with Gasteiger partial charge in [-0.1, -0.05) is 27.7 Å². The summed E-state index contributed by atoms with van der Waals surface area (Å²) in [7, 11) is 1.74. The van der Waals surface area contributed by atoms with E-state index in [2.05, 4.69) is 46.4 Å². The quantitative estimate of drug-likeness (QED) is 0.0765. The molecule has 0 aliphatic heterocycles. The molecule has 0 N–H and O–H groups in total. The zero-order valence-electron chi connectivity index (χ0n) is 23.2. The molecule has 0 amide bonds. The van der Waals surface area contributed by atoms with Crippen molar-refractivity contribution >= 4 is 17.2 Å². The molecule has 0 radical (unpaired) electrons. The molecule has 0 saturated carbocycles. The third kappa shape index (κ3) is 23.0. The molecule has 0 bridgehead atoms. The lowest BCUT2D eigenvalue weighted by Gasteiger charge is -2.24. The van der Waals surface area contributed by atoms with Gasteiger partial charge < -0.3 is 28.6 Å². The third-order valence-electron chi connectivity index (χ3n) is 4.93. The molecule has 0 heterocycles. The number of rotatable bonds is 27. The highest BCUT2D eigenvalue weighted by Crippen LogP contribution is 2.18. The van der Waals surface area contributed by atoms with Crippen LogP contribution < -0.4 is 0 Å². The van der Waals surface area contributed by atoms with E-state index in [1.165, 1.54) is 12.3 Å². The Bertz CT molecular complexity index is 363. The molecule has 0 aliphatic carbocycles. The summed E-state index contributed by atoms with van der Waals surface area (Å²) in [4.78, 5) is 2.62. The molecule has 0 aromatic rings. The van der Waals surface area contributed by atoms with Crippen LogP contribution >= 0.6 is 17.2 Å². The highest BCUT2D eigenvalue weighted by Gasteiger charge is 2.12.